The highest BCUT2D eigenvalue weighted by atomic mass is 19.1. The smallest absolute Gasteiger partial charge is 0.212 e. The summed E-state index contributed by atoms with van der Waals surface area (Å²) in [6, 6.07) is 10.4. The predicted molar refractivity (Wildman–Crippen MR) is 114 cm³/mol. The number of β-amino-alcohol motifs (C(OH)–C–C–N with tert-alkyl or cyclic N) is 1. The SMILES string of the molecule is OC[C@@H]1[C@@H](O)C(O)[C@@H](O)CN1CCCCCOCc1ccc(-c2ccc(F)nc2)cc1. The molecule has 0 spiro atoms. The number of ether oxygens (including phenoxy) is 1. The number of likely N-dealkylation sites (tertiary alicyclic amines) is 1. The van der Waals surface area contributed by atoms with E-state index in [9.17, 15) is 24.8 Å². The van der Waals surface area contributed by atoms with Gasteiger partial charge in [-0.05, 0) is 49.1 Å². The maximum absolute atomic E-state index is 12.9. The molecule has 1 aliphatic heterocycles. The Hall–Kier alpha value is -1.94. The van der Waals surface area contributed by atoms with Crippen molar-refractivity contribution in [1.29, 1.82) is 0 Å². The molecular weight excluding hydrogens is 403 g/mol. The molecule has 0 aliphatic carbocycles. The van der Waals surface area contributed by atoms with E-state index in [1.54, 1.807) is 6.07 Å². The number of aliphatic hydroxyl groups excluding tert-OH is 4. The number of rotatable bonds is 10. The van der Waals surface area contributed by atoms with E-state index in [4.69, 9.17) is 4.74 Å². The van der Waals surface area contributed by atoms with Crippen molar-refractivity contribution in [2.24, 2.45) is 0 Å². The molecule has 1 aliphatic rings. The molecule has 1 unspecified atom stereocenters. The van der Waals surface area contributed by atoms with Gasteiger partial charge in [0.25, 0.3) is 0 Å². The summed E-state index contributed by atoms with van der Waals surface area (Å²) in [6.07, 6.45) is 0.773. The first-order valence-electron chi connectivity index (χ1n) is 10.7. The number of hydrogen-bond acceptors (Lipinski definition) is 7. The molecule has 8 heteroatoms. The number of aliphatic hydroxyl groups is 4. The second kappa shape index (κ2) is 11.6. The Morgan fingerprint density at radius 1 is 0.968 bits per heavy atom. The first kappa shape index (κ1) is 23.7. The summed E-state index contributed by atoms with van der Waals surface area (Å²) in [5, 5.41) is 39.1. The third-order valence-electron chi connectivity index (χ3n) is 5.73. The lowest BCUT2D eigenvalue weighted by atomic mass is 9.94. The molecule has 4 atom stereocenters. The Kier molecular flexibility index (Phi) is 8.89. The van der Waals surface area contributed by atoms with Crippen LogP contribution >= 0.6 is 0 Å². The second-order valence-electron chi connectivity index (χ2n) is 7.97. The predicted octanol–water partition coefficient (Wildman–Crippen LogP) is 1.33. The Morgan fingerprint density at radius 2 is 1.71 bits per heavy atom. The van der Waals surface area contributed by atoms with E-state index in [2.05, 4.69) is 4.98 Å². The zero-order chi connectivity index (χ0) is 22.2. The molecule has 7 nitrogen and oxygen atoms in total. The standard InChI is InChI=1S/C23H31FN2O5/c24-21-9-8-18(12-25-21)17-6-4-16(5-7-17)15-31-11-3-1-2-10-26-13-20(28)23(30)22(29)19(26)14-27/h4-9,12,19-20,22-23,27-30H,1-3,10-11,13-15H2/t19-,20+,22-,23?/m1/s1. The highest BCUT2D eigenvalue weighted by Gasteiger charge is 2.40. The van der Waals surface area contributed by atoms with Crippen LogP contribution in [0.3, 0.4) is 0 Å². The summed E-state index contributed by atoms with van der Waals surface area (Å²) < 4.78 is 18.7. The molecular formula is C23H31FN2O5. The number of benzene rings is 1. The minimum absolute atomic E-state index is 0.240. The third kappa shape index (κ3) is 6.52. The van der Waals surface area contributed by atoms with E-state index in [0.717, 1.165) is 36.0 Å². The highest BCUT2D eigenvalue weighted by molar-refractivity contribution is 5.62. The topological polar surface area (TPSA) is 106 Å². The van der Waals surface area contributed by atoms with Gasteiger partial charge < -0.3 is 25.2 Å². The van der Waals surface area contributed by atoms with Gasteiger partial charge in [0.15, 0.2) is 0 Å². The summed E-state index contributed by atoms with van der Waals surface area (Å²) in [4.78, 5) is 5.50. The molecule has 1 aromatic carbocycles. The van der Waals surface area contributed by atoms with Gasteiger partial charge in [-0.25, -0.2) is 4.98 Å². The van der Waals surface area contributed by atoms with Crippen LogP contribution in [0.2, 0.25) is 0 Å². The van der Waals surface area contributed by atoms with Gasteiger partial charge in [0.2, 0.25) is 5.95 Å². The monoisotopic (exact) mass is 434 g/mol. The number of pyridine rings is 1. The lowest BCUT2D eigenvalue weighted by molar-refractivity contribution is -0.145. The highest BCUT2D eigenvalue weighted by Crippen LogP contribution is 2.20. The Morgan fingerprint density at radius 3 is 2.39 bits per heavy atom. The number of aromatic nitrogens is 1. The fourth-order valence-electron chi connectivity index (χ4n) is 3.86. The van der Waals surface area contributed by atoms with Gasteiger partial charge in [-0.3, -0.25) is 4.90 Å². The van der Waals surface area contributed by atoms with Gasteiger partial charge in [-0.1, -0.05) is 24.3 Å². The first-order chi connectivity index (χ1) is 15.0. The van der Waals surface area contributed by atoms with Gasteiger partial charge in [0.05, 0.1) is 25.4 Å². The molecule has 1 fully saturated rings. The Balaban J connectivity index is 1.32. The Bertz CT molecular complexity index is 790. The molecule has 2 heterocycles. The van der Waals surface area contributed by atoms with E-state index < -0.39 is 30.3 Å². The van der Waals surface area contributed by atoms with Crippen molar-refractivity contribution < 1.29 is 29.6 Å². The molecule has 3 rings (SSSR count). The minimum atomic E-state index is -1.22. The van der Waals surface area contributed by atoms with E-state index in [0.29, 0.717) is 19.8 Å². The molecule has 31 heavy (non-hydrogen) atoms. The molecule has 4 N–H and O–H groups in total. The number of hydrogen-bond donors (Lipinski definition) is 4. The van der Waals surface area contributed by atoms with Gasteiger partial charge in [0.1, 0.15) is 12.2 Å². The van der Waals surface area contributed by atoms with Crippen molar-refractivity contribution in [3.63, 3.8) is 0 Å². The zero-order valence-corrected chi connectivity index (χ0v) is 17.5. The van der Waals surface area contributed by atoms with E-state index in [1.807, 2.05) is 29.2 Å². The fourth-order valence-corrected chi connectivity index (χ4v) is 3.86. The van der Waals surface area contributed by atoms with Crippen molar-refractivity contribution in [3.8, 4) is 11.1 Å². The van der Waals surface area contributed by atoms with Crippen LogP contribution in [0.1, 0.15) is 24.8 Å². The summed E-state index contributed by atoms with van der Waals surface area (Å²) in [7, 11) is 0. The number of piperidine rings is 1. The summed E-state index contributed by atoms with van der Waals surface area (Å²) in [5.41, 5.74) is 2.89. The molecule has 0 radical (unpaired) electrons. The molecule has 1 saturated heterocycles. The molecule has 0 saturated carbocycles. The summed E-state index contributed by atoms with van der Waals surface area (Å²) in [5.74, 6) is -0.494. The van der Waals surface area contributed by atoms with Crippen molar-refractivity contribution in [2.45, 2.75) is 50.2 Å². The first-order valence-corrected chi connectivity index (χ1v) is 10.7. The lowest BCUT2D eigenvalue weighted by Crippen LogP contribution is -2.62. The van der Waals surface area contributed by atoms with Gasteiger partial charge in [0, 0.05) is 24.9 Å². The number of unbranched alkanes of at least 4 members (excludes halogenated alkanes) is 2. The molecule has 2 aromatic rings. The van der Waals surface area contributed by atoms with Crippen LogP contribution < -0.4 is 0 Å². The largest absolute Gasteiger partial charge is 0.395 e. The van der Waals surface area contributed by atoms with Crippen LogP contribution in [0, 0.1) is 5.95 Å². The average Bonchev–Trinajstić information content (AvgIpc) is 2.78. The van der Waals surface area contributed by atoms with Crippen LogP contribution in [-0.2, 0) is 11.3 Å². The molecule has 0 bridgehead atoms. The lowest BCUT2D eigenvalue weighted by Gasteiger charge is -2.43. The van der Waals surface area contributed by atoms with Gasteiger partial charge in [-0.15, -0.1) is 0 Å². The fraction of sp³-hybridized carbons (Fsp3) is 0.522. The summed E-state index contributed by atoms with van der Waals surface area (Å²) in [6.45, 7) is 1.74. The van der Waals surface area contributed by atoms with Crippen LogP contribution in [0.15, 0.2) is 42.6 Å². The van der Waals surface area contributed by atoms with Crippen molar-refractivity contribution in [1.82, 2.24) is 9.88 Å². The normalized spacial score (nSPS) is 24.4. The number of nitrogens with zero attached hydrogens (tertiary/aromatic N) is 2. The van der Waals surface area contributed by atoms with Crippen molar-refractivity contribution in [2.75, 3.05) is 26.3 Å². The average molecular weight is 435 g/mol. The minimum Gasteiger partial charge on any atom is -0.395 e. The van der Waals surface area contributed by atoms with Gasteiger partial charge in [-0.2, -0.15) is 4.39 Å². The maximum Gasteiger partial charge on any atom is 0.212 e. The summed E-state index contributed by atoms with van der Waals surface area (Å²) >= 11 is 0. The quantitative estimate of drug-likeness (QED) is 0.330. The van der Waals surface area contributed by atoms with Crippen LogP contribution in [0.5, 0.6) is 0 Å². The van der Waals surface area contributed by atoms with E-state index in [1.165, 1.54) is 12.3 Å². The van der Waals surface area contributed by atoms with Crippen molar-refractivity contribution in [3.05, 3.63) is 54.1 Å². The zero-order valence-electron chi connectivity index (χ0n) is 17.5. The number of halogens is 1. The van der Waals surface area contributed by atoms with Gasteiger partial charge >= 0.3 is 0 Å². The second-order valence-corrected chi connectivity index (χ2v) is 7.97. The van der Waals surface area contributed by atoms with Crippen LogP contribution in [0.25, 0.3) is 11.1 Å². The van der Waals surface area contributed by atoms with Crippen LogP contribution in [0.4, 0.5) is 4.39 Å². The molecule has 1 aromatic heterocycles. The Labute approximate surface area is 181 Å². The molecule has 0 amide bonds. The van der Waals surface area contributed by atoms with E-state index in [-0.39, 0.29) is 13.2 Å². The maximum atomic E-state index is 12.9. The third-order valence-corrected chi connectivity index (χ3v) is 5.73. The molecule has 170 valence electrons. The van der Waals surface area contributed by atoms with Crippen molar-refractivity contribution >= 4 is 0 Å². The van der Waals surface area contributed by atoms with E-state index >= 15 is 0 Å². The van der Waals surface area contributed by atoms with Crippen LogP contribution in [-0.4, -0.2) is 81.0 Å².